The normalized spacial score (nSPS) is 12.2. The van der Waals surface area contributed by atoms with Crippen molar-refractivity contribution in [3.05, 3.63) is 23.0 Å². The Morgan fingerprint density at radius 1 is 1.38 bits per heavy atom. The van der Waals surface area contributed by atoms with Crippen LogP contribution in [0.15, 0.2) is 6.20 Å². The van der Waals surface area contributed by atoms with Gasteiger partial charge in [-0.3, -0.25) is 4.98 Å². The second-order valence-electron chi connectivity index (χ2n) is 2.88. The van der Waals surface area contributed by atoms with Crippen molar-refractivity contribution < 1.29 is 22.0 Å². The predicted molar refractivity (Wildman–Crippen MR) is 48.2 cm³/mol. The molecule has 0 amide bonds. The van der Waals surface area contributed by atoms with E-state index in [2.05, 4.69) is 4.98 Å². The number of pyridine rings is 1. The topological polar surface area (TPSA) is 38.9 Å². The molecule has 1 rings (SSSR count). The van der Waals surface area contributed by atoms with Gasteiger partial charge in [0.25, 0.3) is 6.43 Å². The van der Waals surface area contributed by atoms with E-state index in [9.17, 15) is 22.0 Å². The maximum atomic E-state index is 12.5. The smallest absolute Gasteiger partial charge is 0.398 e. The number of alkyl halides is 6. The summed E-state index contributed by atoms with van der Waals surface area (Å²) in [5.74, 6) is -0.429. The molecule has 16 heavy (non-hydrogen) atoms. The van der Waals surface area contributed by atoms with Gasteiger partial charge in [0.05, 0.1) is 28.4 Å². The fraction of sp³-hybridized carbons (Fsp3) is 0.375. The highest BCUT2D eigenvalue weighted by Crippen LogP contribution is 2.38. The third kappa shape index (κ3) is 2.34. The molecule has 0 unspecified atom stereocenters. The van der Waals surface area contributed by atoms with Crippen molar-refractivity contribution in [3.8, 4) is 0 Å². The minimum absolute atomic E-state index is 0.345. The Balaban J connectivity index is 3.44. The Morgan fingerprint density at radius 2 is 1.94 bits per heavy atom. The Labute approximate surface area is 92.2 Å². The van der Waals surface area contributed by atoms with Crippen LogP contribution in [0.4, 0.5) is 27.6 Å². The molecule has 0 aliphatic heterocycles. The standard InChI is InChI=1S/C8H6ClF5N2/c9-1-4-5(7(10)11)6(15)3(2-16-4)8(12,13)14/h2,7H,1H2,(H2,15,16). The molecule has 0 fully saturated rings. The van der Waals surface area contributed by atoms with Gasteiger partial charge in [-0.2, -0.15) is 13.2 Å². The summed E-state index contributed by atoms with van der Waals surface area (Å²) in [4.78, 5) is 3.23. The molecule has 0 aromatic carbocycles. The number of nitrogens with two attached hydrogens (primary N) is 1. The molecule has 90 valence electrons. The number of anilines is 1. The molecular weight excluding hydrogens is 255 g/mol. The minimum Gasteiger partial charge on any atom is -0.398 e. The van der Waals surface area contributed by atoms with Gasteiger partial charge < -0.3 is 5.73 Å². The quantitative estimate of drug-likeness (QED) is 0.654. The van der Waals surface area contributed by atoms with Crippen molar-refractivity contribution in [1.82, 2.24) is 4.98 Å². The first-order valence-electron chi connectivity index (χ1n) is 3.97. The zero-order valence-corrected chi connectivity index (χ0v) is 8.41. The van der Waals surface area contributed by atoms with Crippen LogP contribution in [-0.2, 0) is 12.1 Å². The maximum absolute atomic E-state index is 12.5. The molecule has 8 heteroatoms. The van der Waals surface area contributed by atoms with Crippen molar-refractivity contribution in [2.24, 2.45) is 0 Å². The third-order valence-electron chi connectivity index (χ3n) is 1.89. The molecular formula is C8H6ClF5N2. The molecule has 0 saturated heterocycles. The molecule has 0 saturated carbocycles. The van der Waals surface area contributed by atoms with Crippen LogP contribution in [0.25, 0.3) is 0 Å². The molecule has 1 aromatic heterocycles. The number of nitrogens with zero attached hydrogens (tertiary/aromatic N) is 1. The van der Waals surface area contributed by atoms with Gasteiger partial charge in [0.1, 0.15) is 0 Å². The van der Waals surface area contributed by atoms with Crippen molar-refractivity contribution >= 4 is 17.3 Å². The Bertz CT molecular complexity index is 391. The summed E-state index contributed by atoms with van der Waals surface area (Å²) in [6.45, 7) is 0. The second-order valence-corrected chi connectivity index (χ2v) is 3.15. The fourth-order valence-corrected chi connectivity index (χ4v) is 1.37. The molecule has 2 nitrogen and oxygen atoms in total. The Kier molecular flexibility index (Phi) is 3.57. The van der Waals surface area contributed by atoms with E-state index >= 15 is 0 Å². The SMILES string of the molecule is Nc1c(C(F)(F)F)cnc(CCl)c1C(F)F. The lowest BCUT2D eigenvalue weighted by Crippen LogP contribution is -2.14. The molecule has 0 bridgehead atoms. The van der Waals surface area contributed by atoms with Crippen LogP contribution in [-0.4, -0.2) is 4.98 Å². The number of rotatable bonds is 2. The van der Waals surface area contributed by atoms with Crippen molar-refractivity contribution in [2.45, 2.75) is 18.5 Å². The van der Waals surface area contributed by atoms with Crippen molar-refractivity contribution in [2.75, 3.05) is 5.73 Å². The van der Waals surface area contributed by atoms with Gasteiger partial charge in [-0.05, 0) is 0 Å². The van der Waals surface area contributed by atoms with Crippen LogP contribution in [0.2, 0.25) is 0 Å². The van der Waals surface area contributed by atoms with Crippen LogP contribution in [0.1, 0.15) is 23.2 Å². The van der Waals surface area contributed by atoms with E-state index in [1.54, 1.807) is 0 Å². The Hall–Kier alpha value is -1.11. The van der Waals surface area contributed by atoms with E-state index in [0.717, 1.165) is 0 Å². The number of nitrogen functional groups attached to an aromatic ring is 1. The first kappa shape index (κ1) is 13.0. The van der Waals surface area contributed by atoms with Crippen LogP contribution in [0, 0.1) is 0 Å². The minimum atomic E-state index is -4.81. The van der Waals surface area contributed by atoms with Gasteiger partial charge >= 0.3 is 6.18 Å². The Morgan fingerprint density at radius 3 is 2.31 bits per heavy atom. The summed E-state index contributed by atoms with van der Waals surface area (Å²) in [5.41, 5.74) is 1.35. The van der Waals surface area contributed by atoms with E-state index in [0.29, 0.717) is 6.20 Å². The maximum Gasteiger partial charge on any atom is 0.419 e. The highest BCUT2D eigenvalue weighted by atomic mass is 35.5. The van der Waals surface area contributed by atoms with Crippen LogP contribution >= 0.6 is 11.6 Å². The van der Waals surface area contributed by atoms with Gasteiger partial charge in [-0.1, -0.05) is 0 Å². The summed E-state index contributed by atoms with van der Waals surface area (Å²) in [7, 11) is 0. The average Bonchev–Trinajstić information content (AvgIpc) is 2.14. The molecule has 0 radical (unpaired) electrons. The van der Waals surface area contributed by atoms with Crippen molar-refractivity contribution in [3.63, 3.8) is 0 Å². The number of aromatic nitrogens is 1. The molecule has 1 aromatic rings. The highest BCUT2D eigenvalue weighted by Gasteiger charge is 2.36. The van der Waals surface area contributed by atoms with Gasteiger partial charge in [0, 0.05) is 6.20 Å². The van der Waals surface area contributed by atoms with Crippen LogP contribution < -0.4 is 5.73 Å². The number of hydrogen-bond acceptors (Lipinski definition) is 2. The van der Waals surface area contributed by atoms with Gasteiger partial charge in [-0.15, -0.1) is 11.6 Å². The summed E-state index contributed by atoms with van der Waals surface area (Å²) in [6, 6.07) is 0. The van der Waals surface area contributed by atoms with Crippen molar-refractivity contribution in [1.29, 1.82) is 0 Å². The van der Waals surface area contributed by atoms with Crippen LogP contribution in [0.5, 0.6) is 0 Å². The average molecular weight is 261 g/mol. The third-order valence-corrected chi connectivity index (χ3v) is 2.14. The second kappa shape index (κ2) is 4.40. The predicted octanol–water partition coefficient (Wildman–Crippen LogP) is 3.36. The number of halogens is 6. The lowest BCUT2D eigenvalue weighted by atomic mass is 10.1. The zero-order valence-electron chi connectivity index (χ0n) is 7.65. The number of hydrogen-bond donors (Lipinski definition) is 1. The van der Waals surface area contributed by atoms with Gasteiger partial charge in [-0.25, -0.2) is 8.78 Å². The molecule has 0 spiro atoms. The van der Waals surface area contributed by atoms with Gasteiger partial charge in [0.2, 0.25) is 0 Å². The largest absolute Gasteiger partial charge is 0.419 e. The molecule has 1 heterocycles. The monoisotopic (exact) mass is 260 g/mol. The molecule has 0 aliphatic rings. The van der Waals surface area contributed by atoms with E-state index in [-0.39, 0.29) is 5.69 Å². The first-order chi connectivity index (χ1) is 7.29. The van der Waals surface area contributed by atoms with E-state index in [4.69, 9.17) is 17.3 Å². The van der Waals surface area contributed by atoms with E-state index in [1.165, 1.54) is 0 Å². The lowest BCUT2D eigenvalue weighted by Gasteiger charge is -2.15. The summed E-state index contributed by atoms with van der Waals surface area (Å²) in [6.07, 6.45) is -7.56. The van der Waals surface area contributed by atoms with E-state index < -0.39 is 35.3 Å². The summed E-state index contributed by atoms with van der Waals surface area (Å²) in [5, 5.41) is 0. The molecule has 0 atom stereocenters. The summed E-state index contributed by atoms with van der Waals surface area (Å²) < 4.78 is 62.0. The van der Waals surface area contributed by atoms with Crippen LogP contribution in [0.3, 0.4) is 0 Å². The first-order valence-corrected chi connectivity index (χ1v) is 4.51. The zero-order chi connectivity index (χ0) is 12.5. The molecule has 0 aliphatic carbocycles. The summed E-state index contributed by atoms with van der Waals surface area (Å²) >= 11 is 5.28. The highest BCUT2D eigenvalue weighted by molar-refractivity contribution is 6.17. The fourth-order valence-electron chi connectivity index (χ4n) is 1.16. The lowest BCUT2D eigenvalue weighted by molar-refractivity contribution is -0.137. The molecule has 2 N–H and O–H groups in total. The van der Waals surface area contributed by atoms with E-state index in [1.807, 2.05) is 0 Å². The van der Waals surface area contributed by atoms with Gasteiger partial charge in [0.15, 0.2) is 0 Å².